The number of methoxy groups -OCH3 is 1. The molecule has 2 aromatic rings. The molecule has 1 unspecified atom stereocenters. The smallest absolute Gasteiger partial charge is 0.137 e. The first kappa shape index (κ1) is 15.5. The quantitative estimate of drug-likeness (QED) is 0.905. The number of hydrogen-bond acceptors (Lipinski definition) is 4. The van der Waals surface area contributed by atoms with Gasteiger partial charge in [-0.1, -0.05) is 12.1 Å². The van der Waals surface area contributed by atoms with Gasteiger partial charge in [0.25, 0.3) is 0 Å². The zero-order chi connectivity index (χ0) is 13.0. The third-order valence-corrected chi connectivity index (χ3v) is 2.70. The van der Waals surface area contributed by atoms with Crippen molar-refractivity contribution in [3.8, 4) is 5.75 Å². The largest absolute Gasteiger partial charge is 0.496 e. The molecule has 1 aromatic heterocycles. The predicted octanol–water partition coefficient (Wildman–Crippen LogP) is 1.65. The van der Waals surface area contributed by atoms with Crippen LogP contribution in [0.4, 0.5) is 0 Å². The Balaban J connectivity index is 0.00000180. The van der Waals surface area contributed by atoms with Crippen LogP contribution < -0.4 is 10.5 Å². The first-order chi connectivity index (χ1) is 8.69. The van der Waals surface area contributed by atoms with E-state index in [1.807, 2.05) is 19.1 Å². The highest BCUT2D eigenvalue weighted by atomic mass is 35.5. The zero-order valence-corrected chi connectivity index (χ0v) is 11.9. The van der Waals surface area contributed by atoms with E-state index >= 15 is 0 Å². The lowest BCUT2D eigenvalue weighted by Gasteiger charge is -2.12. The van der Waals surface area contributed by atoms with E-state index in [2.05, 4.69) is 16.1 Å². The number of aromatic nitrogens is 3. The van der Waals surface area contributed by atoms with Gasteiger partial charge in [-0.2, -0.15) is 5.10 Å². The molecule has 1 atom stereocenters. The molecule has 0 bridgehead atoms. The van der Waals surface area contributed by atoms with E-state index < -0.39 is 0 Å². The predicted molar refractivity (Wildman–Crippen MR) is 76.7 cm³/mol. The lowest BCUT2D eigenvalue weighted by Crippen LogP contribution is -2.18. The third kappa shape index (κ3) is 4.22. The minimum absolute atomic E-state index is 0. The van der Waals surface area contributed by atoms with Gasteiger partial charge in [-0.15, -0.1) is 12.4 Å². The number of nitrogens with zero attached hydrogens (tertiary/aromatic N) is 3. The summed E-state index contributed by atoms with van der Waals surface area (Å²) < 4.78 is 7.13. The fourth-order valence-electron chi connectivity index (χ4n) is 1.94. The second-order valence-corrected chi connectivity index (χ2v) is 4.42. The standard InChI is InChI=1S/C13H18N4O.ClH/c1-10(14)5-11-3-4-13(18-2)12(6-11)7-17-9-15-8-16-17;/h3-4,6,8-10H,5,7,14H2,1-2H3;1H. The molecule has 0 fully saturated rings. The molecule has 0 aliphatic rings. The maximum absolute atomic E-state index is 5.82. The summed E-state index contributed by atoms with van der Waals surface area (Å²) >= 11 is 0. The lowest BCUT2D eigenvalue weighted by molar-refractivity contribution is 0.407. The third-order valence-electron chi connectivity index (χ3n) is 2.70. The molecule has 0 aliphatic heterocycles. The number of rotatable bonds is 5. The normalized spacial score (nSPS) is 11.7. The highest BCUT2D eigenvalue weighted by molar-refractivity contribution is 5.85. The van der Waals surface area contributed by atoms with Crippen molar-refractivity contribution in [2.45, 2.75) is 25.9 Å². The van der Waals surface area contributed by atoms with E-state index in [9.17, 15) is 0 Å². The summed E-state index contributed by atoms with van der Waals surface area (Å²) in [6, 6.07) is 6.29. The minimum Gasteiger partial charge on any atom is -0.496 e. The Morgan fingerprint density at radius 3 is 2.79 bits per heavy atom. The molecule has 6 heteroatoms. The van der Waals surface area contributed by atoms with Gasteiger partial charge in [0.1, 0.15) is 18.4 Å². The van der Waals surface area contributed by atoms with Crippen molar-refractivity contribution in [3.05, 3.63) is 42.0 Å². The van der Waals surface area contributed by atoms with Crippen LogP contribution in [0.1, 0.15) is 18.1 Å². The number of benzene rings is 1. The van der Waals surface area contributed by atoms with Crippen molar-refractivity contribution in [3.63, 3.8) is 0 Å². The fraction of sp³-hybridized carbons (Fsp3) is 0.385. The van der Waals surface area contributed by atoms with Crippen LogP contribution in [0, 0.1) is 0 Å². The van der Waals surface area contributed by atoms with Gasteiger partial charge in [-0.3, -0.25) is 0 Å². The zero-order valence-electron chi connectivity index (χ0n) is 11.1. The average molecular weight is 283 g/mol. The SMILES string of the molecule is COc1ccc(CC(C)N)cc1Cn1cncn1.Cl. The van der Waals surface area contributed by atoms with E-state index in [4.69, 9.17) is 10.5 Å². The maximum atomic E-state index is 5.82. The van der Waals surface area contributed by atoms with Crippen LogP contribution in [0.15, 0.2) is 30.9 Å². The number of ether oxygens (including phenoxy) is 1. The van der Waals surface area contributed by atoms with E-state index in [0.29, 0.717) is 6.54 Å². The second kappa shape index (κ2) is 7.11. The van der Waals surface area contributed by atoms with E-state index in [1.165, 1.54) is 11.9 Å². The van der Waals surface area contributed by atoms with Crippen LogP contribution in [0.25, 0.3) is 0 Å². The molecule has 19 heavy (non-hydrogen) atoms. The van der Waals surface area contributed by atoms with Crippen LogP contribution >= 0.6 is 12.4 Å². The van der Waals surface area contributed by atoms with Gasteiger partial charge in [0.15, 0.2) is 0 Å². The summed E-state index contributed by atoms with van der Waals surface area (Å²) in [4.78, 5) is 3.94. The van der Waals surface area contributed by atoms with Gasteiger partial charge in [0.2, 0.25) is 0 Å². The lowest BCUT2D eigenvalue weighted by atomic mass is 10.0. The Kier molecular flexibility index (Phi) is 5.79. The summed E-state index contributed by atoms with van der Waals surface area (Å²) in [5.41, 5.74) is 8.12. The van der Waals surface area contributed by atoms with Gasteiger partial charge in [-0.25, -0.2) is 9.67 Å². The highest BCUT2D eigenvalue weighted by Gasteiger charge is 2.07. The van der Waals surface area contributed by atoms with Crippen LogP contribution in [-0.2, 0) is 13.0 Å². The van der Waals surface area contributed by atoms with E-state index in [-0.39, 0.29) is 18.4 Å². The van der Waals surface area contributed by atoms with Crippen LogP contribution in [0.3, 0.4) is 0 Å². The van der Waals surface area contributed by atoms with Crippen molar-refractivity contribution in [2.75, 3.05) is 7.11 Å². The topological polar surface area (TPSA) is 66.0 Å². The molecular formula is C13H19ClN4O. The number of halogens is 1. The van der Waals surface area contributed by atoms with Gasteiger partial charge in [0, 0.05) is 11.6 Å². The molecule has 0 aliphatic carbocycles. The molecule has 2 N–H and O–H groups in total. The monoisotopic (exact) mass is 282 g/mol. The molecule has 0 saturated heterocycles. The van der Waals surface area contributed by atoms with Crippen LogP contribution in [-0.4, -0.2) is 27.9 Å². The molecule has 1 aromatic carbocycles. The van der Waals surface area contributed by atoms with Gasteiger partial charge < -0.3 is 10.5 Å². The Hall–Kier alpha value is -1.59. The molecule has 0 spiro atoms. The summed E-state index contributed by atoms with van der Waals surface area (Å²) in [5.74, 6) is 0.860. The van der Waals surface area contributed by atoms with Crippen LogP contribution in [0.2, 0.25) is 0 Å². The molecule has 5 nitrogen and oxygen atoms in total. The van der Waals surface area contributed by atoms with Crippen molar-refractivity contribution in [1.29, 1.82) is 0 Å². The molecule has 0 amide bonds. The van der Waals surface area contributed by atoms with Crippen molar-refractivity contribution in [2.24, 2.45) is 5.73 Å². The van der Waals surface area contributed by atoms with Crippen molar-refractivity contribution < 1.29 is 4.74 Å². The van der Waals surface area contributed by atoms with Gasteiger partial charge in [0.05, 0.1) is 13.7 Å². The molecule has 104 valence electrons. The summed E-state index contributed by atoms with van der Waals surface area (Å²) in [5, 5.41) is 4.10. The molecule has 0 saturated carbocycles. The van der Waals surface area contributed by atoms with Gasteiger partial charge >= 0.3 is 0 Å². The summed E-state index contributed by atoms with van der Waals surface area (Å²) in [6.45, 7) is 2.65. The second-order valence-electron chi connectivity index (χ2n) is 4.42. The Morgan fingerprint density at radius 2 is 2.21 bits per heavy atom. The first-order valence-corrected chi connectivity index (χ1v) is 5.93. The fourth-order valence-corrected chi connectivity index (χ4v) is 1.94. The molecule has 0 radical (unpaired) electrons. The number of hydrogen-bond donors (Lipinski definition) is 1. The van der Waals surface area contributed by atoms with Crippen molar-refractivity contribution >= 4 is 12.4 Å². The van der Waals surface area contributed by atoms with Gasteiger partial charge in [-0.05, 0) is 25.0 Å². The van der Waals surface area contributed by atoms with E-state index in [0.717, 1.165) is 17.7 Å². The summed E-state index contributed by atoms with van der Waals surface area (Å²) in [7, 11) is 1.67. The minimum atomic E-state index is 0. The van der Waals surface area contributed by atoms with E-state index in [1.54, 1.807) is 18.1 Å². The first-order valence-electron chi connectivity index (χ1n) is 5.93. The molecule has 1 heterocycles. The molecular weight excluding hydrogens is 264 g/mol. The summed E-state index contributed by atoms with van der Waals surface area (Å²) in [6.07, 6.45) is 4.07. The molecule has 2 rings (SSSR count). The highest BCUT2D eigenvalue weighted by Crippen LogP contribution is 2.21. The Labute approximate surface area is 119 Å². The Morgan fingerprint density at radius 1 is 1.42 bits per heavy atom. The number of nitrogens with two attached hydrogens (primary N) is 1. The maximum Gasteiger partial charge on any atom is 0.137 e. The van der Waals surface area contributed by atoms with Crippen LogP contribution in [0.5, 0.6) is 5.75 Å². The average Bonchev–Trinajstić information content (AvgIpc) is 2.81. The Bertz CT molecular complexity index is 499. The van der Waals surface area contributed by atoms with Crippen molar-refractivity contribution in [1.82, 2.24) is 14.8 Å².